The molecular weight excluding hydrogens is 182 g/mol. The van der Waals surface area contributed by atoms with Crippen LogP contribution in [0.25, 0.3) is 0 Å². The van der Waals surface area contributed by atoms with Gasteiger partial charge in [0.05, 0.1) is 6.54 Å². The summed E-state index contributed by atoms with van der Waals surface area (Å²) >= 11 is 0. The molecule has 0 bridgehead atoms. The predicted octanol–water partition coefficient (Wildman–Crippen LogP) is -0.778. The molecule has 4 N–H and O–H groups in total. The van der Waals surface area contributed by atoms with Crippen molar-refractivity contribution in [2.24, 2.45) is 11.7 Å². The topological polar surface area (TPSA) is 84.2 Å². The second kappa shape index (κ2) is 6.37. The molecule has 82 valence electrons. The number of hydrogen-bond donors (Lipinski definition) is 3. The summed E-state index contributed by atoms with van der Waals surface area (Å²) < 4.78 is 0. The molecule has 0 rings (SSSR count). The van der Waals surface area contributed by atoms with E-state index in [9.17, 15) is 9.59 Å². The van der Waals surface area contributed by atoms with Crippen LogP contribution in [-0.2, 0) is 9.59 Å². The lowest BCUT2D eigenvalue weighted by Crippen LogP contribution is -2.48. The molecular formula is C9H19N3O2. The Morgan fingerprint density at radius 2 is 1.93 bits per heavy atom. The normalized spacial score (nSPS) is 12.4. The Morgan fingerprint density at radius 3 is 2.29 bits per heavy atom. The molecule has 1 atom stereocenters. The van der Waals surface area contributed by atoms with Gasteiger partial charge >= 0.3 is 0 Å². The third-order valence-corrected chi connectivity index (χ3v) is 1.79. The van der Waals surface area contributed by atoms with Crippen LogP contribution in [0.1, 0.15) is 20.3 Å². The van der Waals surface area contributed by atoms with Gasteiger partial charge in [-0.2, -0.15) is 0 Å². The highest BCUT2D eigenvalue weighted by Gasteiger charge is 2.19. The second-order valence-corrected chi connectivity index (χ2v) is 3.57. The summed E-state index contributed by atoms with van der Waals surface area (Å²) in [6.45, 7) is 3.89. The summed E-state index contributed by atoms with van der Waals surface area (Å²) in [6, 6.07) is -0.476. The molecule has 0 aliphatic carbocycles. The van der Waals surface area contributed by atoms with Crippen molar-refractivity contribution >= 4 is 11.8 Å². The molecule has 14 heavy (non-hydrogen) atoms. The van der Waals surface area contributed by atoms with Gasteiger partial charge in [0.25, 0.3) is 0 Å². The van der Waals surface area contributed by atoms with Gasteiger partial charge in [0.1, 0.15) is 6.04 Å². The van der Waals surface area contributed by atoms with Crippen LogP contribution in [0.2, 0.25) is 0 Å². The lowest BCUT2D eigenvalue weighted by atomic mass is 10.0. The number of hydrogen-bond acceptors (Lipinski definition) is 3. The van der Waals surface area contributed by atoms with Crippen molar-refractivity contribution in [3.05, 3.63) is 0 Å². The van der Waals surface area contributed by atoms with Crippen LogP contribution in [0.4, 0.5) is 0 Å². The van der Waals surface area contributed by atoms with E-state index < -0.39 is 6.04 Å². The Labute approximate surface area is 84.4 Å². The molecule has 0 fully saturated rings. The Balaban J connectivity index is 4.24. The van der Waals surface area contributed by atoms with Gasteiger partial charge in [0.2, 0.25) is 11.8 Å². The Kier molecular flexibility index (Phi) is 5.87. The molecule has 0 aliphatic heterocycles. The van der Waals surface area contributed by atoms with Gasteiger partial charge < -0.3 is 16.4 Å². The zero-order chi connectivity index (χ0) is 11.1. The van der Waals surface area contributed by atoms with Gasteiger partial charge in [-0.1, -0.05) is 13.8 Å². The zero-order valence-corrected chi connectivity index (χ0v) is 8.96. The van der Waals surface area contributed by atoms with Gasteiger partial charge in [-0.25, -0.2) is 0 Å². The third-order valence-electron chi connectivity index (χ3n) is 1.79. The van der Waals surface area contributed by atoms with Crippen molar-refractivity contribution in [3.63, 3.8) is 0 Å². The molecule has 0 saturated heterocycles. The number of likely N-dealkylation sites (N-methyl/N-ethyl adjacent to an activating group) is 1. The van der Waals surface area contributed by atoms with Crippen LogP contribution in [0.15, 0.2) is 0 Å². The number of carbonyl (C=O) groups is 2. The molecule has 0 aromatic carbocycles. The molecule has 0 heterocycles. The van der Waals surface area contributed by atoms with Crippen molar-refractivity contribution in [1.29, 1.82) is 0 Å². The number of rotatable bonds is 5. The lowest BCUT2D eigenvalue weighted by molar-refractivity contribution is -0.128. The molecule has 0 aliphatic rings. The van der Waals surface area contributed by atoms with Crippen LogP contribution in [0.3, 0.4) is 0 Å². The molecule has 0 radical (unpaired) electrons. The smallest absolute Gasteiger partial charge is 0.242 e. The molecule has 0 aromatic heterocycles. The van der Waals surface area contributed by atoms with Crippen molar-refractivity contribution in [3.8, 4) is 0 Å². The van der Waals surface area contributed by atoms with Gasteiger partial charge in [-0.05, 0) is 12.3 Å². The average molecular weight is 201 g/mol. The van der Waals surface area contributed by atoms with E-state index in [-0.39, 0.29) is 18.4 Å². The quantitative estimate of drug-likeness (QED) is 0.545. The zero-order valence-electron chi connectivity index (χ0n) is 8.96. The molecule has 5 nitrogen and oxygen atoms in total. The number of carbonyl (C=O) groups excluding carboxylic acids is 2. The largest absolute Gasteiger partial charge is 0.357 e. The third kappa shape index (κ3) is 4.81. The van der Waals surface area contributed by atoms with E-state index in [4.69, 9.17) is 5.73 Å². The first-order valence-electron chi connectivity index (χ1n) is 4.72. The minimum atomic E-state index is -0.476. The molecule has 1 unspecified atom stereocenters. The Bertz CT molecular complexity index is 204. The van der Waals surface area contributed by atoms with Crippen molar-refractivity contribution in [2.45, 2.75) is 26.3 Å². The van der Waals surface area contributed by atoms with Crippen molar-refractivity contribution in [1.82, 2.24) is 10.6 Å². The first-order valence-corrected chi connectivity index (χ1v) is 4.72. The molecule has 5 heteroatoms. The van der Waals surface area contributed by atoms with E-state index >= 15 is 0 Å². The Morgan fingerprint density at radius 1 is 1.36 bits per heavy atom. The van der Waals surface area contributed by atoms with E-state index in [1.54, 1.807) is 7.05 Å². The molecule has 0 aromatic rings. The maximum absolute atomic E-state index is 11.3. The maximum Gasteiger partial charge on any atom is 0.242 e. The second-order valence-electron chi connectivity index (χ2n) is 3.57. The fraction of sp³-hybridized carbons (Fsp3) is 0.778. The van der Waals surface area contributed by atoms with Crippen LogP contribution in [0, 0.1) is 5.92 Å². The fourth-order valence-electron chi connectivity index (χ4n) is 1.13. The summed E-state index contributed by atoms with van der Waals surface area (Å²) in [5.41, 5.74) is 5.15. The number of nitrogens with one attached hydrogen (secondary N) is 2. The van der Waals surface area contributed by atoms with Crippen molar-refractivity contribution in [2.75, 3.05) is 13.6 Å². The van der Waals surface area contributed by atoms with E-state index in [2.05, 4.69) is 10.6 Å². The van der Waals surface area contributed by atoms with Crippen LogP contribution in [0.5, 0.6) is 0 Å². The SMILES string of the molecule is CNC(=O)C(CC(C)C)NC(=O)CN. The molecule has 0 saturated carbocycles. The van der Waals surface area contributed by atoms with Crippen molar-refractivity contribution < 1.29 is 9.59 Å². The van der Waals surface area contributed by atoms with Gasteiger partial charge in [0, 0.05) is 7.05 Å². The standard InChI is InChI=1S/C9H19N3O2/c1-6(2)4-7(9(14)11-3)12-8(13)5-10/h6-7H,4-5,10H2,1-3H3,(H,11,14)(H,12,13). The minimum absolute atomic E-state index is 0.0917. The molecule has 2 amide bonds. The summed E-state index contributed by atoms with van der Waals surface area (Å²) in [5.74, 6) is -0.143. The summed E-state index contributed by atoms with van der Waals surface area (Å²) in [4.78, 5) is 22.3. The highest BCUT2D eigenvalue weighted by atomic mass is 16.2. The molecule has 0 spiro atoms. The van der Waals surface area contributed by atoms with E-state index in [0.29, 0.717) is 12.3 Å². The Hall–Kier alpha value is -1.10. The van der Waals surface area contributed by atoms with E-state index in [1.165, 1.54) is 0 Å². The van der Waals surface area contributed by atoms with Gasteiger partial charge in [-0.15, -0.1) is 0 Å². The van der Waals surface area contributed by atoms with Gasteiger partial charge in [0.15, 0.2) is 0 Å². The van der Waals surface area contributed by atoms with Crippen LogP contribution in [-0.4, -0.2) is 31.4 Å². The van der Waals surface area contributed by atoms with E-state index in [0.717, 1.165) is 0 Å². The van der Waals surface area contributed by atoms with E-state index in [1.807, 2.05) is 13.8 Å². The van der Waals surface area contributed by atoms with Gasteiger partial charge in [-0.3, -0.25) is 9.59 Å². The van der Waals surface area contributed by atoms with Crippen LogP contribution < -0.4 is 16.4 Å². The monoisotopic (exact) mass is 201 g/mol. The summed E-state index contributed by atoms with van der Waals surface area (Å²) in [6.07, 6.45) is 0.616. The number of nitrogens with two attached hydrogens (primary N) is 1. The first-order chi connectivity index (χ1) is 6.51. The maximum atomic E-state index is 11.3. The highest BCUT2D eigenvalue weighted by molar-refractivity contribution is 5.88. The average Bonchev–Trinajstić information content (AvgIpc) is 2.14. The summed E-state index contributed by atoms with van der Waals surface area (Å²) in [7, 11) is 1.55. The predicted molar refractivity (Wildman–Crippen MR) is 54.5 cm³/mol. The first kappa shape index (κ1) is 12.9. The number of amides is 2. The minimum Gasteiger partial charge on any atom is -0.357 e. The fourth-order valence-corrected chi connectivity index (χ4v) is 1.13. The summed E-state index contributed by atoms with van der Waals surface area (Å²) in [5, 5.41) is 5.08. The highest BCUT2D eigenvalue weighted by Crippen LogP contribution is 2.04. The van der Waals surface area contributed by atoms with Crippen LogP contribution >= 0.6 is 0 Å². The lowest BCUT2D eigenvalue weighted by Gasteiger charge is -2.18.